The van der Waals surface area contributed by atoms with Gasteiger partial charge in [-0.25, -0.2) is 0 Å². The van der Waals surface area contributed by atoms with Crippen molar-refractivity contribution in [3.8, 4) is 5.75 Å². The summed E-state index contributed by atoms with van der Waals surface area (Å²) in [6.07, 6.45) is -3.86. The first kappa shape index (κ1) is 13.8. The fraction of sp³-hybridized carbons (Fsp3) is 0.500. The molecule has 0 spiro atoms. The third-order valence-corrected chi connectivity index (χ3v) is 2.27. The number of hydrogen-bond acceptors (Lipinski definition) is 2. The summed E-state index contributed by atoms with van der Waals surface area (Å²) in [6, 6.07) is 5.53. The van der Waals surface area contributed by atoms with Crippen molar-refractivity contribution in [3.63, 3.8) is 0 Å². The van der Waals surface area contributed by atoms with Crippen molar-refractivity contribution in [1.82, 2.24) is 0 Å². The SMILES string of the molecule is CC(C)C[C@H](N)c1ccc(OC(F)(F)F)cc1. The average molecular weight is 247 g/mol. The molecule has 0 radical (unpaired) electrons. The molecule has 96 valence electrons. The highest BCUT2D eigenvalue weighted by atomic mass is 19.4. The Labute approximate surface area is 98.6 Å². The summed E-state index contributed by atoms with van der Waals surface area (Å²) in [7, 11) is 0. The molecular formula is C12H16F3NO. The normalized spacial score (nSPS) is 13.8. The van der Waals surface area contributed by atoms with Crippen LogP contribution in [0, 0.1) is 5.92 Å². The van der Waals surface area contributed by atoms with Crippen LogP contribution in [0.15, 0.2) is 24.3 Å². The number of rotatable bonds is 4. The van der Waals surface area contributed by atoms with Crippen molar-refractivity contribution in [3.05, 3.63) is 29.8 Å². The molecule has 0 bridgehead atoms. The minimum Gasteiger partial charge on any atom is -0.406 e. The molecule has 0 aliphatic heterocycles. The van der Waals surface area contributed by atoms with Crippen LogP contribution in [-0.2, 0) is 0 Å². The lowest BCUT2D eigenvalue weighted by Gasteiger charge is -2.15. The van der Waals surface area contributed by atoms with E-state index in [0.29, 0.717) is 5.92 Å². The van der Waals surface area contributed by atoms with Gasteiger partial charge in [-0.15, -0.1) is 13.2 Å². The Morgan fingerprint density at radius 2 is 1.71 bits per heavy atom. The predicted molar refractivity (Wildman–Crippen MR) is 59.5 cm³/mol. The molecule has 1 atom stereocenters. The standard InChI is InChI=1S/C12H16F3NO/c1-8(2)7-11(16)9-3-5-10(6-4-9)17-12(13,14)15/h3-6,8,11H,7,16H2,1-2H3/t11-/m0/s1. The van der Waals surface area contributed by atoms with E-state index in [0.717, 1.165) is 12.0 Å². The highest BCUT2D eigenvalue weighted by molar-refractivity contribution is 5.29. The zero-order valence-corrected chi connectivity index (χ0v) is 9.79. The summed E-state index contributed by atoms with van der Waals surface area (Å²) in [5.41, 5.74) is 6.72. The molecule has 0 fully saturated rings. The van der Waals surface area contributed by atoms with Gasteiger partial charge in [-0.05, 0) is 30.0 Å². The Hall–Kier alpha value is -1.23. The van der Waals surface area contributed by atoms with Crippen molar-refractivity contribution < 1.29 is 17.9 Å². The van der Waals surface area contributed by atoms with Gasteiger partial charge in [-0.1, -0.05) is 26.0 Å². The number of hydrogen-bond donors (Lipinski definition) is 1. The van der Waals surface area contributed by atoms with Crippen LogP contribution in [-0.4, -0.2) is 6.36 Å². The molecule has 2 N–H and O–H groups in total. The van der Waals surface area contributed by atoms with E-state index in [-0.39, 0.29) is 11.8 Å². The van der Waals surface area contributed by atoms with Gasteiger partial charge in [-0.3, -0.25) is 0 Å². The fourth-order valence-corrected chi connectivity index (χ4v) is 1.56. The molecule has 0 aliphatic carbocycles. The second-order valence-corrected chi connectivity index (χ2v) is 4.35. The van der Waals surface area contributed by atoms with E-state index in [1.165, 1.54) is 12.1 Å². The molecule has 0 unspecified atom stereocenters. The Morgan fingerprint density at radius 3 is 2.12 bits per heavy atom. The molecule has 0 aromatic heterocycles. The molecule has 0 saturated carbocycles. The molecule has 1 aromatic carbocycles. The molecule has 1 rings (SSSR count). The smallest absolute Gasteiger partial charge is 0.406 e. The van der Waals surface area contributed by atoms with Crippen LogP contribution in [0.2, 0.25) is 0 Å². The van der Waals surface area contributed by atoms with E-state index in [9.17, 15) is 13.2 Å². The van der Waals surface area contributed by atoms with Gasteiger partial charge in [0.2, 0.25) is 0 Å². The van der Waals surface area contributed by atoms with Crippen LogP contribution in [0.25, 0.3) is 0 Å². The molecule has 0 heterocycles. The van der Waals surface area contributed by atoms with Crippen LogP contribution < -0.4 is 10.5 Å². The number of halogens is 3. The first-order valence-electron chi connectivity index (χ1n) is 5.39. The summed E-state index contributed by atoms with van der Waals surface area (Å²) < 4.78 is 39.6. The maximum Gasteiger partial charge on any atom is 0.573 e. The van der Waals surface area contributed by atoms with Crippen molar-refractivity contribution in [2.45, 2.75) is 32.7 Å². The van der Waals surface area contributed by atoms with Gasteiger partial charge in [0.25, 0.3) is 0 Å². The van der Waals surface area contributed by atoms with Gasteiger partial charge in [0.15, 0.2) is 0 Å². The number of benzene rings is 1. The van der Waals surface area contributed by atoms with Crippen LogP contribution in [0.1, 0.15) is 31.9 Å². The zero-order chi connectivity index (χ0) is 13.1. The number of ether oxygens (including phenoxy) is 1. The first-order valence-corrected chi connectivity index (χ1v) is 5.39. The minimum atomic E-state index is -4.65. The molecule has 2 nitrogen and oxygen atoms in total. The molecule has 0 aliphatic rings. The summed E-state index contributed by atoms with van der Waals surface area (Å²) in [6.45, 7) is 4.09. The van der Waals surface area contributed by atoms with Gasteiger partial charge in [0.05, 0.1) is 0 Å². The lowest BCUT2D eigenvalue weighted by molar-refractivity contribution is -0.274. The Bertz CT molecular complexity index is 346. The van der Waals surface area contributed by atoms with Crippen LogP contribution in [0.5, 0.6) is 5.75 Å². The quantitative estimate of drug-likeness (QED) is 0.881. The highest BCUT2D eigenvalue weighted by Gasteiger charge is 2.30. The van der Waals surface area contributed by atoms with E-state index >= 15 is 0 Å². The monoisotopic (exact) mass is 247 g/mol. The lowest BCUT2D eigenvalue weighted by atomic mass is 9.98. The Balaban J connectivity index is 2.67. The second kappa shape index (κ2) is 5.40. The molecular weight excluding hydrogens is 231 g/mol. The number of nitrogens with two attached hydrogens (primary N) is 1. The van der Waals surface area contributed by atoms with Crippen molar-refractivity contribution in [2.75, 3.05) is 0 Å². The molecule has 0 saturated heterocycles. The van der Waals surface area contributed by atoms with Crippen LogP contribution in [0.4, 0.5) is 13.2 Å². The third kappa shape index (κ3) is 5.08. The van der Waals surface area contributed by atoms with Crippen molar-refractivity contribution in [2.24, 2.45) is 11.7 Å². The van der Waals surface area contributed by atoms with Crippen LogP contribution in [0.3, 0.4) is 0 Å². The van der Waals surface area contributed by atoms with Gasteiger partial charge >= 0.3 is 6.36 Å². The van der Waals surface area contributed by atoms with Gasteiger partial charge < -0.3 is 10.5 Å². The van der Waals surface area contributed by atoms with Gasteiger partial charge in [0.1, 0.15) is 5.75 Å². The molecule has 0 amide bonds. The third-order valence-electron chi connectivity index (χ3n) is 2.27. The summed E-state index contributed by atoms with van der Waals surface area (Å²) in [5, 5.41) is 0. The summed E-state index contributed by atoms with van der Waals surface area (Å²) in [5.74, 6) is 0.217. The van der Waals surface area contributed by atoms with E-state index in [4.69, 9.17) is 5.73 Å². The predicted octanol–water partition coefficient (Wildman–Crippen LogP) is 3.63. The maximum atomic E-state index is 11.9. The van der Waals surface area contributed by atoms with Crippen molar-refractivity contribution in [1.29, 1.82) is 0 Å². The summed E-state index contributed by atoms with van der Waals surface area (Å²) >= 11 is 0. The Morgan fingerprint density at radius 1 is 1.18 bits per heavy atom. The number of alkyl halides is 3. The average Bonchev–Trinajstić information content (AvgIpc) is 2.15. The van der Waals surface area contributed by atoms with Gasteiger partial charge in [0, 0.05) is 6.04 Å². The topological polar surface area (TPSA) is 35.2 Å². The maximum absolute atomic E-state index is 11.9. The zero-order valence-electron chi connectivity index (χ0n) is 9.79. The van der Waals surface area contributed by atoms with E-state index in [1.54, 1.807) is 12.1 Å². The van der Waals surface area contributed by atoms with E-state index in [1.807, 2.05) is 13.8 Å². The largest absolute Gasteiger partial charge is 0.573 e. The summed E-state index contributed by atoms with van der Waals surface area (Å²) in [4.78, 5) is 0. The van der Waals surface area contributed by atoms with Crippen LogP contribution >= 0.6 is 0 Å². The van der Waals surface area contributed by atoms with Gasteiger partial charge in [-0.2, -0.15) is 0 Å². The van der Waals surface area contributed by atoms with E-state index < -0.39 is 6.36 Å². The molecule has 17 heavy (non-hydrogen) atoms. The first-order chi connectivity index (χ1) is 7.78. The van der Waals surface area contributed by atoms with E-state index in [2.05, 4.69) is 4.74 Å². The lowest BCUT2D eigenvalue weighted by Crippen LogP contribution is -2.17. The minimum absolute atomic E-state index is 0.157. The van der Waals surface area contributed by atoms with Crippen molar-refractivity contribution >= 4 is 0 Å². The second-order valence-electron chi connectivity index (χ2n) is 4.35. The fourth-order valence-electron chi connectivity index (χ4n) is 1.56. The molecule has 1 aromatic rings. The molecule has 5 heteroatoms. The Kier molecular flexibility index (Phi) is 4.40. The highest BCUT2D eigenvalue weighted by Crippen LogP contribution is 2.25.